The smallest absolute Gasteiger partial charge is 0.0541 e. The van der Waals surface area contributed by atoms with Crippen molar-refractivity contribution in [3.05, 3.63) is 125 Å². The molecule has 8 rings (SSSR count). The van der Waals surface area contributed by atoms with Crippen molar-refractivity contribution in [1.82, 2.24) is 4.57 Å². The Labute approximate surface area is 237 Å². The molecule has 0 amide bonds. The number of aromatic nitrogens is 1. The third kappa shape index (κ3) is 2.78. The van der Waals surface area contributed by atoms with Crippen molar-refractivity contribution < 1.29 is 0 Å². The van der Waals surface area contributed by atoms with E-state index in [1.165, 1.54) is 72.0 Å². The van der Waals surface area contributed by atoms with E-state index in [-0.39, 0.29) is 16.2 Å². The summed E-state index contributed by atoms with van der Waals surface area (Å²) in [6.45, 7) is 14.5. The second kappa shape index (κ2) is 7.55. The Morgan fingerprint density at radius 1 is 0.425 bits per heavy atom. The molecule has 196 valence electrons. The zero-order valence-corrected chi connectivity index (χ0v) is 24.3. The molecular weight excluding hydrogens is 482 g/mol. The van der Waals surface area contributed by atoms with Crippen molar-refractivity contribution in [2.45, 2.75) is 57.8 Å². The van der Waals surface area contributed by atoms with Gasteiger partial charge in [0.1, 0.15) is 0 Å². The first kappa shape index (κ1) is 23.8. The Kier molecular flexibility index (Phi) is 4.48. The van der Waals surface area contributed by atoms with E-state index < -0.39 is 0 Å². The van der Waals surface area contributed by atoms with Crippen LogP contribution in [0.2, 0.25) is 0 Å². The van der Waals surface area contributed by atoms with E-state index in [0.717, 1.165) is 0 Å². The van der Waals surface area contributed by atoms with Gasteiger partial charge in [0.25, 0.3) is 0 Å². The standard InChI is InChI=1S/C39H35N/c1-37(2)32-21-24(40-35-17-11-8-14-27(35)28-15-9-12-18-36(28)40)19-20-26(32)29-23-34-30(22-33(29)37)25-13-7-10-16-31(25)38(3,4)39(34,5)6/h7-23H,1-6H3. The predicted molar refractivity (Wildman–Crippen MR) is 170 cm³/mol. The van der Waals surface area contributed by atoms with Gasteiger partial charge in [0.2, 0.25) is 0 Å². The molecule has 0 saturated heterocycles. The molecule has 0 aliphatic heterocycles. The molecule has 0 saturated carbocycles. The van der Waals surface area contributed by atoms with Crippen molar-refractivity contribution in [3.8, 4) is 27.9 Å². The van der Waals surface area contributed by atoms with Crippen molar-refractivity contribution in [2.24, 2.45) is 0 Å². The highest BCUT2D eigenvalue weighted by atomic mass is 15.0. The van der Waals surface area contributed by atoms with Crippen LogP contribution in [0.3, 0.4) is 0 Å². The van der Waals surface area contributed by atoms with E-state index in [9.17, 15) is 0 Å². The average Bonchev–Trinajstić information content (AvgIpc) is 3.40. The summed E-state index contributed by atoms with van der Waals surface area (Å²) >= 11 is 0. The van der Waals surface area contributed by atoms with Crippen molar-refractivity contribution in [3.63, 3.8) is 0 Å². The zero-order chi connectivity index (χ0) is 27.6. The number of benzene rings is 5. The fraction of sp³-hybridized carbons (Fsp3) is 0.231. The fourth-order valence-electron chi connectivity index (χ4n) is 7.78. The highest BCUT2D eigenvalue weighted by Crippen LogP contribution is 2.58. The average molecular weight is 518 g/mol. The Morgan fingerprint density at radius 2 is 0.925 bits per heavy atom. The number of para-hydroxylation sites is 2. The highest BCUT2D eigenvalue weighted by molar-refractivity contribution is 6.09. The third-order valence-corrected chi connectivity index (χ3v) is 10.8. The third-order valence-electron chi connectivity index (χ3n) is 10.8. The van der Waals surface area contributed by atoms with Crippen LogP contribution < -0.4 is 0 Å². The molecule has 0 spiro atoms. The molecule has 0 unspecified atom stereocenters. The van der Waals surface area contributed by atoms with Crippen LogP contribution in [0.25, 0.3) is 49.7 Å². The summed E-state index contributed by atoms with van der Waals surface area (Å²) in [5.74, 6) is 0. The number of hydrogen-bond donors (Lipinski definition) is 0. The van der Waals surface area contributed by atoms with E-state index in [1.807, 2.05) is 0 Å². The van der Waals surface area contributed by atoms with Gasteiger partial charge < -0.3 is 4.57 Å². The largest absolute Gasteiger partial charge is 0.309 e. The van der Waals surface area contributed by atoms with Gasteiger partial charge in [-0.25, -0.2) is 0 Å². The van der Waals surface area contributed by atoms with Gasteiger partial charge in [0.05, 0.1) is 11.0 Å². The maximum absolute atomic E-state index is 2.54. The van der Waals surface area contributed by atoms with Gasteiger partial charge in [0.15, 0.2) is 0 Å². The molecule has 0 bridgehead atoms. The second-order valence-electron chi connectivity index (χ2n) is 13.5. The SMILES string of the molecule is CC1(C)c2cc(-n3c4ccccc4c4ccccc43)ccc2-c2cc3c(cc21)-c1ccccc1C(C)(C)C3(C)C. The minimum absolute atomic E-state index is 0.00151. The van der Waals surface area contributed by atoms with Crippen LogP contribution in [0.5, 0.6) is 0 Å². The highest BCUT2D eigenvalue weighted by Gasteiger charge is 2.47. The maximum Gasteiger partial charge on any atom is 0.0541 e. The van der Waals surface area contributed by atoms with E-state index >= 15 is 0 Å². The molecule has 0 radical (unpaired) electrons. The summed E-state index contributed by atoms with van der Waals surface area (Å²) in [5.41, 5.74) is 15.0. The number of fused-ring (bicyclic) bond motifs is 9. The summed E-state index contributed by atoms with van der Waals surface area (Å²) in [4.78, 5) is 0. The summed E-state index contributed by atoms with van der Waals surface area (Å²) in [5, 5.41) is 2.61. The molecule has 0 fully saturated rings. The molecule has 1 heteroatoms. The van der Waals surface area contributed by atoms with E-state index in [1.54, 1.807) is 0 Å². The fourth-order valence-corrected chi connectivity index (χ4v) is 7.78. The van der Waals surface area contributed by atoms with E-state index in [0.29, 0.717) is 0 Å². The first-order valence-electron chi connectivity index (χ1n) is 14.5. The summed E-state index contributed by atoms with van der Waals surface area (Å²) in [6.07, 6.45) is 0. The number of nitrogens with zero attached hydrogens (tertiary/aromatic N) is 1. The predicted octanol–water partition coefficient (Wildman–Crippen LogP) is 10.3. The summed E-state index contributed by atoms with van der Waals surface area (Å²) < 4.78 is 2.44. The van der Waals surface area contributed by atoms with Gasteiger partial charge in [-0.1, -0.05) is 108 Å². The minimum atomic E-state index is -0.0967. The van der Waals surface area contributed by atoms with E-state index in [4.69, 9.17) is 0 Å². The minimum Gasteiger partial charge on any atom is -0.309 e. The lowest BCUT2D eigenvalue weighted by Gasteiger charge is -2.48. The Hall–Kier alpha value is -4.10. The monoisotopic (exact) mass is 517 g/mol. The molecule has 0 N–H and O–H groups in total. The molecule has 2 aliphatic rings. The van der Waals surface area contributed by atoms with Crippen molar-refractivity contribution >= 4 is 21.8 Å². The van der Waals surface area contributed by atoms with Gasteiger partial charge in [-0.3, -0.25) is 0 Å². The molecule has 40 heavy (non-hydrogen) atoms. The van der Waals surface area contributed by atoms with E-state index in [2.05, 4.69) is 149 Å². The molecule has 1 nitrogen and oxygen atoms in total. The lowest BCUT2D eigenvalue weighted by Crippen LogP contribution is -2.43. The topological polar surface area (TPSA) is 4.93 Å². The molecule has 6 aromatic rings. The molecular formula is C39H35N. The molecule has 5 aromatic carbocycles. The normalized spacial score (nSPS) is 17.4. The first-order chi connectivity index (χ1) is 19.1. The van der Waals surface area contributed by atoms with Gasteiger partial charge in [-0.2, -0.15) is 0 Å². The van der Waals surface area contributed by atoms with Gasteiger partial charge in [0, 0.05) is 21.9 Å². The van der Waals surface area contributed by atoms with Crippen molar-refractivity contribution in [1.29, 1.82) is 0 Å². The van der Waals surface area contributed by atoms with Crippen LogP contribution in [0.1, 0.15) is 63.8 Å². The molecule has 2 aliphatic carbocycles. The van der Waals surface area contributed by atoms with Crippen LogP contribution in [0.4, 0.5) is 0 Å². The van der Waals surface area contributed by atoms with Crippen LogP contribution in [-0.4, -0.2) is 4.57 Å². The van der Waals surface area contributed by atoms with Gasteiger partial charge in [-0.15, -0.1) is 0 Å². The van der Waals surface area contributed by atoms with Gasteiger partial charge >= 0.3 is 0 Å². The second-order valence-corrected chi connectivity index (χ2v) is 13.5. The van der Waals surface area contributed by atoms with Crippen LogP contribution in [0.15, 0.2) is 103 Å². The lowest BCUT2D eigenvalue weighted by molar-refractivity contribution is 0.299. The maximum atomic E-state index is 2.54. The Morgan fingerprint density at radius 3 is 1.62 bits per heavy atom. The van der Waals surface area contributed by atoms with Crippen LogP contribution in [-0.2, 0) is 16.2 Å². The first-order valence-corrected chi connectivity index (χ1v) is 14.5. The lowest BCUT2D eigenvalue weighted by atomic mass is 9.55. The molecule has 1 heterocycles. The zero-order valence-electron chi connectivity index (χ0n) is 24.3. The number of hydrogen-bond acceptors (Lipinski definition) is 0. The summed E-state index contributed by atoms with van der Waals surface area (Å²) in [7, 11) is 0. The Bertz CT molecular complexity index is 1970. The number of rotatable bonds is 1. The van der Waals surface area contributed by atoms with Gasteiger partial charge in [-0.05, 0) is 91.7 Å². The summed E-state index contributed by atoms with van der Waals surface area (Å²) in [6, 6.07) is 38.9. The Balaban J connectivity index is 1.38. The molecule has 0 atom stereocenters. The van der Waals surface area contributed by atoms with Crippen molar-refractivity contribution in [2.75, 3.05) is 0 Å². The quantitative estimate of drug-likeness (QED) is 0.204. The van der Waals surface area contributed by atoms with Crippen LogP contribution >= 0.6 is 0 Å². The van der Waals surface area contributed by atoms with Crippen LogP contribution in [0, 0.1) is 0 Å². The molecule has 1 aromatic heterocycles.